The molecule has 1 aromatic heterocycles. The number of hydrogen-bond acceptors (Lipinski definition) is 4. The van der Waals surface area contributed by atoms with E-state index in [1.165, 1.54) is 12.8 Å². The van der Waals surface area contributed by atoms with Gasteiger partial charge in [0, 0.05) is 24.2 Å². The molecule has 3 heterocycles. The van der Waals surface area contributed by atoms with Crippen molar-refractivity contribution >= 4 is 11.6 Å². The van der Waals surface area contributed by atoms with E-state index in [2.05, 4.69) is 20.1 Å². The largest absolute Gasteiger partial charge is 0.492 e. The van der Waals surface area contributed by atoms with Gasteiger partial charge in [-0.3, -0.25) is 4.79 Å². The van der Waals surface area contributed by atoms with Gasteiger partial charge < -0.3 is 14.6 Å². The van der Waals surface area contributed by atoms with Crippen molar-refractivity contribution in [2.24, 2.45) is 5.92 Å². The number of fused-ring (bicyclic) bond motifs is 2. The molecular weight excluding hydrogens is 364 g/mol. The molecule has 0 radical (unpaired) electrons. The summed E-state index contributed by atoms with van der Waals surface area (Å²) >= 11 is 0. The fourth-order valence-corrected chi connectivity index (χ4v) is 4.18. The smallest absolute Gasteiger partial charge is 0.231 e. The van der Waals surface area contributed by atoms with Crippen molar-refractivity contribution in [1.82, 2.24) is 14.8 Å². The van der Waals surface area contributed by atoms with Crippen LogP contribution in [0.1, 0.15) is 30.7 Å². The van der Waals surface area contributed by atoms with E-state index in [4.69, 9.17) is 4.74 Å². The van der Waals surface area contributed by atoms with Crippen LogP contribution in [0.5, 0.6) is 5.75 Å². The molecule has 2 aliphatic heterocycles. The topological polar surface area (TPSA) is 69.0 Å². The fourth-order valence-electron chi connectivity index (χ4n) is 4.18. The van der Waals surface area contributed by atoms with Crippen LogP contribution in [0.2, 0.25) is 0 Å². The van der Waals surface area contributed by atoms with Gasteiger partial charge in [0.15, 0.2) is 5.82 Å². The third-order valence-corrected chi connectivity index (χ3v) is 5.75. The predicted molar refractivity (Wildman–Crippen MR) is 111 cm³/mol. The van der Waals surface area contributed by atoms with E-state index in [0.717, 1.165) is 53.6 Å². The molecule has 0 saturated heterocycles. The highest BCUT2D eigenvalue weighted by molar-refractivity contribution is 5.93. The summed E-state index contributed by atoms with van der Waals surface area (Å²) in [7, 11) is 0. The van der Waals surface area contributed by atoms with Crippen LogP contribution in [0.4, 0.5) is 5.69 Å². The van der Waals surface area contributed by atoms with E-state index >= 15 is 0 Å². The van der Waals surface area contributed by atoms with Gasteiger partial charge in [0.1, 0.15) is 18.2 Å². The van der Waals surface area contributed by atoms with Crippen molar-refractivity contribution in [2.75, 3.05) is 11.9 Å². The molecule has 6 nitrogen and oxygen atoms in total. The number of carbonyl (C=O) groups is 1. The Bertz CT molecular complexity index is 1040. The van der Waals surface area contributed by atoms with Gasteiger partial charge in [0.2, 0.25) is 5.91 Å². The van der Waals surface area contributed by atoms with Crippen molar-refractivity contribution in [3.05, 3.63) is 59.9 Å². The monoisotopic (exact) mass is 388 g/mol. The second-order valence-electron chi connectivity index (χ2n) is 7.79. The van der Waals surface area contributed by atoms with E-state index in [9.17, 15) is 4.79 Å². The SMILES string of the molecule is O=C(Nc1cccc(-c2nnc3n2CCCCC3)c1)[C@H]1COc2ccccc2C1. The van der Waals surface area contributed by atoms with Crippen LogP contribution in [0.15, 0.2) is 48.5 Å². The number of benzene rings is 2. The molecule has 2 aliphatic rings. The lowest BCUT2D eigenvalue weighted by Crippen LogP contribution is -2.32. The standard InChI is InChI=1S/C23H24N4O2/c28-23(18-13-16-7-3-4-10-20(16)29-15-18)24-19-9-6-8-17(14-19)22-26-25-21-11-2-1-5-12-27(21)22/h3-4,6-10,14,18H,1-2,5,11-13,15H2,(H,24,28)/t18-/m1/s1. The maximum absolute atomic E-state index is 12.8. The summed E-state index contributed by atoms with van der Waals surface area (Å²) in [5.41, 5.74) is 2.84. The maximum atomic E-state index is 12.8. The minimum Gasteiger partial charge on any atom is -0.492 e. The Balaban J connectivity index is 1.33. The van der Waals surface area contributed by atoms with Crippen LogP contribution in [0, 0.1) is 5.92 Å². The number of carbonyl (C=O) groups excluding carboxylic acids is 1. The molecule has 3 aromatic rings. The molecule has 0 bridgehead atoms. The molecule has 0 fully saturated rings. The van der Waals surface area contributed by atoms with Crippen LogP contribution < -0.4 is 10.1 Å². The van der Waals surface area contributed by atoms with Crippen molar-refractivity contribution in [2.45, 2.75) is 38.6 Å². The van der Waals surface area contributed by atoms with Crippen molar-refractivity contribution < 1.29 is 9.53 Å². The highest BCUT2D eigenvalue weighted by Gasteiger charge is 2.26. The Kier molecular flexibility index (Phi) is 4.76. The first-order chi connectivity index (χ1) is 14.3. The summed E-state index contributed by atoms with van der Waals surface area (Å²) in [4.78, 5) is 12.8. The number of nitrogens with zero attached hydrogens (tertiary/aromatic N) is 3. The number of aryl methyl sites for hydroxylation is 1. The zero-order chi connectivity index (χ0) is 19.6. The molecule has 1 amide bonds. The number of ether oxygens (including phenoxy) is 1. The van der Waals surface area contributed by atoms with Gasteiger partial charge in [-0.2, -0.15) is 0 Å². The summed E-state index contributed by atoms with van der Waals surface area (Å²) in [6.45, 7) is 1.35. The highest BCUT2D eigenvalue weighted by Crippen LogP contribution is 2.28. The molecule has 0 spiro atoms. The average molecular weight is 388 g/mol. The molecule has 5 rings (SSSR count). The number of nitrogens with one attached hydrogen (secondary N) is 1. The van der Waals surface area contributed by atoms with Crippen molar-refractivity contribution in [3.8, 4) is 17.1 Å². The molecule has 0 aliphatic carbocycles. The molecule has 0 unspecified atom stereocenters. The van der Waals surface area contributed by atoms with Crippen LogP contribution in [0.3, 0.4) is 0 Å². The first kappa shape index (κ1) is 17.9. The van der Waals surface area contributed by atoms with Gasteiger partial charge in [0.25, 0.3) is 0 Å². The molecular formula is C23H24N4O2. The van der Waals surface area contributed by atoms with E-state index in [-0.39, 0.29) is 11.8 Å². The van der Waals surface area contributed by atoms with E-state index < -0.39 is 0 Å². The summed E-state index contributed by atoms with van der Waals surface area (Å²) in [5, 5.41) is 11.9. The number of rotatable bonds is 3. The first-order valence-corrected chi connectivity index (χ1v) is 10.3. The molecule has 148 valence electrons. The Labute approximate surface area is 169 Å². The summed E-state index contributed by atoms with van der Waals surface area (Å²) < 4.78 is 7.99. The van der Waals surface area contributed by atoms with Gasteiger partial charge in [0.05, 0.1) is 5.92 Å². The molecule has 0 saturated carbocycles. The summed E-state index contributed by atoms with van der Waals surface area (Å²) in [5.74, 6) is 2.61. The second-order valence-corrected chi connectivity index (χ2v) is 7.79. The lowest BCUT2D eigenvalue weighted by Gasteiger charge is -2.24. The number of amides is 1. The number of hydrogen-bond donors (Lipinski definition) is 1. The Hall–Kier alpha value is -3.15. The molecule has 29 heavy (non-hydrogen) atoms. The minimum absolute atomic E-state index is 0.0169. The zero-order valence-corrected chi connectivity index (χ0v) is 16.3. The Morgan fingerprint density at radius 1 is 1.07 bits per heavy atom. The molecule has 1 atom stereocenters. The third kappa shape index (κ3) is 3.62. The van der Waals surface area contributed by atoms with Crippen LogP contribution >= 0.6 is 0 Å². The number of para-hydroxylation sites is 1. The lowest BCUT2D eigenvalue weighted by molar-refractivity contribution is -0.121. The lowest BCUT2D eigenvalue weighted by atomic mass is 9.96. The third-order valence-electron chi connectivity index (χ3n) is 5.75. The maximum Gasteiger partial charge on any atom is 0.231 e. The van der Waals surface area contributed by atoms with Crippen molar-refractivity contribution in [3.63, 3.8) is 0 Å². The molecule has 1 N–H and O–H groups in total. The van der Waals surface area contributed by atoms with E-state index in [0.29, 0.717) is 13.0 Å². The van der Waals surface area contributed by atoms with Crippen LogP contribution in [-0.2, 0) is 24.2 Å². The van der Waals surface area contributed by atoms with Gasteiger partial charge in [-0.05, 0) is 43.0 Å². The van der Waals surface area contributed by atoms with E-state index in [1.54, 1.807) is 0 Å². The second kappa shape index (κ2) is 7.70. The molecule has 2 aromatic carbocycles. The normalized spacial score (nSPS) is 18.1. The molecule has 6 heteroatoms. The number of anilines is 1. The minimum atomic E-state index is -0.196. The zero-order valence-electron chi connectivity index (χ0n) is 16.3. The highest BCUT2D eigenvalue weighted by atomic mass is 16.5. The summed E-state index contributed by atoms with van der Waals surface area (Å²) in [6, 6.07) is 15.8. The Morgan fingerprint density at radius 3 is 2.97 bits per heavy atom. The Morgan fingerprint density at radius 2 is 2.00 bits per heavy atom. The van der Waals surface area contributed by atoms with E-state index in [1.807, 2.05) is 48.5 Å². The average Bonchev–Trinajstić information content (AvgIpc) is 3.02. The van der Waals surface area contributed by atoms with Crippen molar-refractivity contribution in [1.29, 1.82) is 0 Å². The summed E-state index contributed by atoms with van der Waals surface area (Å²) in [6.07, 6.45) is 5.22. The van der Waals surface area contributed by atoms with Gasteiger partial charge >= 0.3 is 0 Å². The first-order valence-electron chi connectivity index (χ1n) is 10.3. The van der Waals surface area contributed by atoms with Gasteiger partial charge in [-0.25, -0.2) is 0 Å². The quantitative estimate of drug-likeness (QED) is 0.740. The van der Waals surface area contributed by atoms with Crippen LogP contribution in [-0.4, -0.2) is 27.3 Å². The predicted octanol–water partition coefficient (Wildman–Crippen LogP) is 3.86. The van der Waals surface area contributed by atoms with Crippen LogP contribution in [0.25, 0.3) is 11.4 Å². The van der Waals surface area contributed by atoms with Gasteiger partial charge in [-0.15, -0.1) is 10.2 Å². The number of aromatic nitrogens is 3. The fraction of sp³-hybridized carbons (Fsp3) is 0.348. The van der Waals surface area contributed by atoms with Gasteiger partial charge in [-0.1, -0.05) is 36.8 Å².